The second-order valence-electron chi connectivity index (χ2n) is 11.3. The van der Waals surface area contributed by atoms with Gasteiger partial charge in [-0.1, -0.05) is 54.6 Å². The minimum atomic E-state index is 0.0376. The van der Waals surface area contributed by atoms with Crippen molar-refractivity contribution in [3.8, 4) is 5.75 Å². The summed E-state index contributed by atoms with van der Waals surface area (Å²) in [5, 5.41) is 1.21. The normalized spacial score (nSPS) is 28.6. The quantitative estimate of drug-likeness (QED) is 0.426. The SMILES string of the molecule is COc1ccc2c(c1)C13Cc4nc5ccccc5cc4CC14CN(C(=O)Cc1ccccc1)CC43C2. The molecule has 4 nitrogen and oxygen atoms in total. The second kappa shape index (κ2) is 6.76. The zero-order chi connectivity index (χ0) is 24.1. The van der Waals surface area contributed by atoms with E-state index in [0.29, 0.717) is 6.42 Å². The molecule has 2 fully saturated rings. The number of likely N-dealkylation sites (tertiary alicyclic amines) is 1. The molecule has 3 aromatic carbocycles. The molecule has 3 aliphatic carbocycles. The van der Waals surface area contributed by atoms with E-state index in [1.807, 2.05) is 18.2 Å². The van der Waals surface area contributed by atoms with E-state index >= 15 is 0 Å². The molecule has 1 aliphatic heterocycles. The molecule has 8 rings (SSSR count). The molecule has 0 N–H and O–H groups in total. The van der Waals surface area contributed by atoms with Gasteiger partial charge in [-0.15, -0.1) is 0 Å². The summed E-state index contributed by atoms with van der Waals surface area (Å²) in [4.78, 5) is 20.9. The monoisotopic (exact) mass is 472 g/mol. The van der Waals surface area contributed by atoms with E-state index in [9.17, 15) is 4.79 Å². The Labute approximate surface area is 210 Å². The first kappa shape index (κ1) is 20.5. The Hall–Kier alpha value is -3.66. The average molecular weight is 473 g/mol. The molecule has 1 saturated heterocycles. The van der Waals surface area contributed by atoms with Gasteiger partial charge in [-0.25, -0.2) is 0 Å². The van der Waals surface area contributed by atoms with Gasteiger partial charge in [0.2, 0.25) is 5.91 Å². The van der Waals surface area contributed by atoms with Gasteiger partial charge in [-0.2, -0.15) is 0 Å². The van der Waals surface area contributed by atoms with Gasteiger partial charge in [0.1, 0.15) is 5.75 Å². The molecule has 2 heterocycles. The topological polar surface area (TPSA) is 42.4 Å². The summed E-state index contributed by atoms with van der Waals surface area (Å²) in [7, 11) is 1.75. The summed E-state index contributed by atoms with van der Waals surface area (Å²) >= 11 is 0. The molecule has 1 aromatic heterocycles. The molecular weight excluding hydrogens is 444 g/mol. The fraction of sp³-hybridized carbons (Fsp3) is 0.312. The van der Waals surface area contributed by atoms with Crippen LogP contribution in [0.2, 0.25) is 0 Å². The lowest BCUT2D eigenvalue weighted by Crippen LogP contribution is -2.42. The zero-order valence-corrected chi connectivity index (χ0v) is 20.5. The summed E-state index contributed by atoms with van der Waals surface area (Å²) < 4.78 is 5.67. The highest BCUT2D eigenvalue weighted by atomic mass is 16.5. The van der Waals surface area contributed by atoms with Gasteiger partial charge in [0.05, 0.1) is 19.0 Å². The minimum Gasteiger partial charge on any atom is -0.497 e. The Kier molecular flexibility index (Phi) is 3.85. The highest BCUT2D eigenvalue weighted by Gasteiger charge is 2.92. The molecule has 1 amide bonds. The lowest BCUT2D eigenvalue weighted by Gasteiger charge is -2.36. The maximum atomic E-state index is 13.5. The van der Waals surface area contributed by atoms with Gasteiger partial charge >= 0.3 is 0 Å². The largest absolute Gasteiger partial charge is 0.497 e. The van der Waals surface area contributed by atoms with E-state index in [1.165, 1.54) is 27.8 Å². The van der Waals surface area contributed by atoms with E-state index in [0.717, 1.165) is 49.2 Å². The molecule has 0 radical (unpaired) electrons. The summed E-state index contributed by atoms with van der Waals surface area (Å²) in [6.45, 7) is 1.67. The highest BCUT2D eigenvalue weighted by Crippen LogP contribution is 2.88. The van der Waals surface area contributed by atoms with E-state index in [2.05, 4.69) is 65.6 Å². The smallest absolute Gasteiger partial charge is 0.227 e. The van der Waals surface area contributed by atoms with Crippen LogP contribution in [0.25, 0.3) is 10.9 Å². The Morgan fingerprint density at radius 3 is 2.44 bits per heavy atom. The third kappa shape index (κ3) is 2.31. The first-order valence-corrected chi connectivity index (χ1v) is 13.0. The fourth-order valence-corrected chi connectivity index (χ4v) is 8.61. The van der Waals surface area contributed by atoms with Crippen LogP contribution in [0.3, 0.4) is 0 Å². The maximum Gasteiger partial charge on any atom is 0.227 e. The number of piperidine rings is 1. The third-order valence-corrected chi connectivity index (χ3v) is 10.0. The van der Waals surface area contributed by atoms with Crippen molar-refractivity contribution < 1.29 is 9.53 Å². The van der Waals surface area contributed by atoms with Gasteiger partial charge in [0.25, 0.3) is 0 Å². The van der Waals surface area contributed by atoms with Gasteiger partial charge in [-0.3, -0.25) is 9.78 Å². The molecule has 4 aliphatic rings. The molecule has 4 heteroatoms. The van der Waals surface area contributed by atoms with Crippen molar-refractivity contribution in [3.63, 3.8) is 0 Å². The number of ether oxygens (including phenoxy) is 1. The molecule has 0 bridgehead atoms. The van der Waals surface area contributed by atoms with Gasteiger partial charge in [0, 0.05) is 46.8 Å². The van der Waals surface area contributed by atoms with E-state index in [4.69, 9.17) is 9.72 Å². The number of para-hydroxylation sites is 1. The number of amides is 1. The number of carbonyl (C=O) groups is 1. The summed E-state index contributed by atoms with van der Waals surface area (Å²) in [5.41, 5.74) is 7.83. The first-order chi connectivity index (χ1) is 17.6. The summed E-state index contributed by atoms with van der Waals surface area (Å²) in [6.07, 6.45) is 3.46. The number of fused-ring (bicyclic) bond motifs is 3. The number of methoxy groups -OCH3 is 1. The van der Waals surface area contributed by atoms with E-state index < -0.39 is 0 Å². The highest BCUT2D eigenvalue weighted by molar-refractivity contribution is 5.82. The van der Waals surface area contributed by atoms with Crippen LogP contribution in [0.5, 0.6) is 5.75 Å². The number of rotatable bonds is 3. The molecule has 3 atom stereocenters. The number of hydrogen-bond donors (Lipinski definition) is 0. The Morgan fingerprint density at radius 1 is 0.889 bits per heavy atom. The van der Waals surface area contributed by atoms with Crippen LogP contribution in [0, 0.1) is 10.8 Å². The van der Waals surface area contributed by atoms with Crippen LogP contribution in [0.1, 0.15) is 27.9 Å². The Balaban J connectivity index is 1.24. The summed E-state index contributed by atoms with van der Waals surface area (Å²) in [6, 6.07) is 27.6. The molecule has 3 spiro atoms. The molecule has 3 unspecified atom stereocenters. The van der Waals surface area contributed by atoms with Crippen molar-refractivity contribution >= 4 is 16.8 Å². The Bertz CT molecular complexity index is 1580. The van der Waals surface area contributed by atoms with Crippen molar-refractivity contribution in [1.29, 1.82) is 0 Å². The summed E-state index contributed by atoms with van der Waals surface area (Å²) in [5.74, 6) is 1.18. The average Bonchev–Trinajstić information content (AvgIpc) is 3.12. The van der Waals surface area contributed by atoms with Crippen molar-refractivity contribution in [3.05, 3.63) is 107 Å². The van der Waals surface area contributed by atoms with Gasteiger partial charge < -0.3 is 9.64 Å². The molecule has 36 heavy (non-hydrogen) atoms. The number of pyridine rings is 1. The molecule has 178 valence electrons. The Morgan fingerprint density at radius 2 is 1.64 bits per heavy atom. The zero-order valence-electron chi connectivity index (χ0n) is 20.5. The van der Waals surface area contributed by atoms with Crippen LogP contribution in [-0.4, -0.2) is 36.0 Å². The number of aromatic nitrogens is 1. The molecule has 1 saturated carbocycles. The third-order valence-electron chi connectivity index (χ3n) is 10.0. The first-order valence-electron chi connectivity index (χ1n) is 13.0. The molecule has 4 aromatic rings. The lowest BCUT2D eigenvalue weighted by atomic mass is 9.72. The number of benzene rings is 3. The fourth-order valence-electron chi connectivity index (χ4n) is 8.61. The van der Waals surface area contributed by atoms with Crippen LogP contribution < -0.4 is 4.74 Å². The lowest BCUT2D eigenvalue weighted by molar-refractivity contribution is -0.130. The number of hydrogen-bond acceptors (Lipinski definition) is 3. The predicted molar refractivity (Wildman–Crippen MR) is 139 cm³/mol. The van der Waals surface area contributed by atoms with E-state index in [-0.39, 0.29) is 22.2 Å². The van der Waals surface area contributed by atoms with Crippen LogP contribution in [0.15, 0.2) is 78.9 Å². The van der Waals surface area contributed by atoms with Crippen LogP contribution in [-0.2, 0) is 35.9 Å². The van der Waals surface area contributed by atoms with Crippen molar-refractivity contribution in [2.45, 2.75) is 31.1 Å². The second-order valence-corrected chi connectivity index (χ2v) is 11.3. The van der Waals surface area contributed by atoms with E-state index in [1.54, 1.807) is 7.11 Å². The standard InChI is InChI=1S/C32H28N2O2/c1-36-25-12-11-23-16-30-19-34(29(35)13-21-7-3-2-4-8-21)20-31(30)17-24-14-22-9-5-6-10-27(22)33-28(24)18-32(30,31)26(23)15-25/h2-12,14-15H,13,16-20H2,1H3. The predicted octanol–water partition coefficient (Wildman–Crippen LogP) is 4.91. The van der Waals surface area contributed by atoms with Gasteiger partial charge in [0.15, 0.2) is 0 Å². The van der Waals surface area contributed by atoms with Gasteiger partial charge in [-0.05, 0) is 59.4 Å². The van der Waals surface area contributed by atoms with Crippen molar-refractivity contribution in [2.75, 3.05) is 20.2 Å². The maximum absolute atomic E-state index is 13.5. The molecular formula is C32H28N2O2. The minimum absolute atomic E-state index is 0.0376. The van der Waals surface area contributed by atoms with Crippen molar-refractivity contribution in [2.24, 2.45) is 10.8 Å². The number of carbonyl (C=O) groups excluding carboxylic acids is 1. The van der Waals surface area contributed by atoms with Crippen LogP contribution in [0.4, 0.5) is 0 Å². The van der Waals surface area contributed by atoms with Crippen molar-refractivity contribution in [1.82, 2.24) is 9.88 Å². The number of nitrogens with zero attached hydrogens (tertiary/aromatic N) is 2. The van der Waals surface area contributed by atoms with Crippen LogP contribution >= 0.6 is 0 Å².